The lowest BCUT2D eigenvalue weighted by molar-refractivity contribution is -0.161. The molecule has 3 fully saturated rings. The average molecular weight is 720 g/mol. The second-order valence-corrected chi connectivity index (χ2v) is 17.2. The smallest absolute Gasteiger partial charge is 0.163 e. The number of aryl methyl sites for hydroxylation is 2. The molecule has 2 N–H and O–H groups in total. The van der Waals surface area contributed by atoms with Crippen LogP contribution in [-0.4, -0.2) is 73.6 Å². The van der Waals surface area contributed by atoms with E-state index in [9.17, 15) is 0 Å². The number of benzene rings is 2. The first-order chi connectivity index (χ1) is 25.4. The molecule has 0 bridgehead atoms. The molecule has 2 aromatic carbocycles. The van der Waals surface area contributed by atoms with Crippen LogP contribution in [-0.2, 0) is 27.9 Å². The average Bonchev–Trinajstić information content (AvgIpc) is 3.87. The van der Waals surface area contributed by atoms with Gasteiger partial charge in [0.05, 0.1) is 35.7 Å². The Labute approximate surface area is 314 Å². The summed E-state index contributed by atoms with van der Waals surface area (Å²) in [6.45, 7) is 18.0. The Bertz CT molecular complexity index is 2070. The van der Waals surface area contributed by atoms with Crippen molar-refractivity contribution in [3.63, 3.8) is 0 Å². The highest BCUT2D eigenvalue weighted by Gasteiger charge is 2.55. The summed E-state index contributed by atoms with van der Waals surface area (Å²) < 4.78 is 21.1. The summed E-state index contributed by atoms with van der Waals surface area (Å²) in [7, 11) is 1.70. The third kappa shape index (κ3) is 7.18. The van der Waals surface area contributed by atoms with E-state index in [4.69, 9.17) is 24.2 Å². The second-order valence-electron chi connectivity index (χ2n) is 17.2. The molecule has 4 atom stereocenters. The van der Waals surface area contributed by atoms with Gasteiger partial charge in [-0.15, -0.1) is 0 Å². The van der Waals surface area contributed by atoms with Gasteiger partial charge in [0.1, 0.15) is 35.5 Å². The van der Waals surface area contributed by atoms with Crippen LogP contribution in [0, 0.1) is 18.8 Å². The number of aromatic amines is 1. The van der Waals surface area contributed by atoms with Crippen molar-refractivity contribution in [1.82, 2.24) is 29.4 Å². The van der Waals surface area contributed by atoms with Gasteiger partial charge in [0.25, 0.3) is 0 Å². The van der Waals surface area contributed by atoms with Crippen LogP contribution in [0.1, 0.15) is 95.8 Å². The number of hydrogen-bond donors (Lipinski definition) is 2. The summed E-state index contributed by atoms with van der Waals surface area (Å²) in [5, 5.41) is 4.59. The number of nitrogens with one attached hydrogen (secondary N) is 2. The lowest BCUT2D eigenvalue weighted by Crippen LogP contribution is -2.48. The zero-order valence-electron chi connectivity index (χ0n) is 32.8. The third-order valence-electron chi connectivity index (χ3n) is 12.2. The number of hydrogen-bond acceptors (Lipinski definition) is 8. The first kappa shape index (κ1) is 36.0. The van der Waals surface area contributed by atoms with Crippen molar-refractivity contribution in [1.29, 1.82) is 0 Å². The van der Waals surface area contributed by atoms with E-state index in [0.29, 0.717) is 18.5 Å². The van der Waals surface area contributed by atoms with Gasteiger partial charge in [-0.3, -0.25) is 0 Å². The third-order valence-corrected chi connectivity index (χ3v) is 12.2. The molecular weight excluding hydrogens is 663 g/mol. The van der Waals surface area contributed by atoms with E-state index in [-0.39, 0.29) is 23.7 Å². The monoisotopic (exact) mass is 719 g/mol. The number of H-pyrrole nitrogens is 1. The molecule has 1 saturated heterocycles. The lowest BCUT2D eigenvalue weighted by atomic mass is 9.76. The van der Waals surface area contributed by atoms with Crippen molar-refractivity contribution in [2.24, 2.45) is 11.8 Å². The minimum absolute atomic E-state index is 0.0324. The fourth-order valence-corrected chi connectivity index (χ4v) is 9.12. The van der Waals surface area contributed by atoms with Crippen LogP contribution < -0.4 is 10.1 Å². The van der Waals surface area contributed by atoms with Gasteiger partial charge in [-0.25, -0.2) is 15.0 Å². The number of ether oxygens (including phenoxy) is 3. The number of methoxy groups -OCH3 is 1. The molecule has 10 nitrogen and oxygen atoms in total. The van der Waals surface area contributed by atoms with Gasteiger partial charge in [-0.2, -0.15) is 0 Å². The Morgan fingerprint density at radius 3 is 2.60 bits per heavy atom. The van der Waals surface area contributed by atoms with E-state index in [1.165, 1.54) is 36.0 Å². The molecule has 282 valence electrons. The maximum atomic E-state index is 6.67. The van der Waals surface area contributed by atoms with Crippen LogP contribution in [0.3, 0.4) is 0 Å². The number of aromatic nitrogens is 5. The molecule has 8 rings (SSSR count). The fraction of sp³-hybridized carbons (Fsp3) is 0.558. The summed E-state index contributed by atoms with van der Waals surface area (Å²) >= 11 is 0. The zero-order chi connectivity index (χ0) is 37.1. The van der Waals surface area contributed by atoms with Crippen molar-refractivity contribution in [2.75, 3.05) is 25.5 Å². The SMILES string of the molecule is CCN(C[C@H]1C[C@@H](n2ccc3c(NCc4ccc(OC)cc4C)ncnc32)[C@@H]2OC(C)(C)O[C@H]12)C1CC(CCc2nc3ccc(C(C)(C)C)cc3[nH]2)C1. The highest BCUT2D eigenvalue weighted by Crippen LogP contribution is 2.49. The van der Waals surface area contributed by atoms with E-state index in [2.05, 4.69) is 116 Å². The van der Waals surface area contributed by atoms with Gasteiger partial charge in [0.15, 0.2) is 5.79 Å². The predicted octanol–water partition coefficient (Wildman–Crippen LogP) is 8.35. The Balaban J connectivity index is 0.914. The summed E-state index contributed by atoms with van der Waals surface area (Å²) in [4.78, 5) is 20.7. The van der Waals surface area contributed by atoms with Crippen LogP contribution in [0.4, 0.5) is 5.82 Å². The van der Waals surface area contributed by atoms with Gasteiger partial charge in [-0.05, 0) is 111 Å². The molecule has 0 radical (unpaired) electrons. The maximum absolute atomic E-state index is 6.67. The number of rotatable bonds is 12. The van der Waals surface area contributed by atoms with E-state index in [1.54, 1.807) is 13.4 Å². The largest absolute Gasteiger partial charge is 0.497 e. The molecule has 53 heavy (non-hydrogen) atoms. The highest BCUT2D eigenvalue weighted by molar-refractivity contribution is 5.87. The molecule has 3 aliphatic rings. The molecule has 5 aromatic rings. The van der Waals surface area contributed by atoms with Crippen molar-refractivity contribution >= 4 is 27.9 Å². The van der Waals surface area contributed by atoms with Crippen LogP contribution in [0.2, 0.25) is 0 Å². The quantitative estimate of drug-likeness (QED) is 0.133. The second kappa shape index (κ2) is 14.0. The summed E-state index contributed by atoms with van der Waals surface area (Å²) in [6, 6.07) is 15.7. The molecule has 1 aliphatic heterocycles. The molecule has 2 saturated carbocycles. The molecule has 0 amide bonds. The standard InChI is InChI=1S/C43H57N7O3/c1-9-49(31-19-27(20-31)10-15-37-47-34-14-12-30(42(3,4)5)22-35(34)48-37)24-29-21-36(39-38(29)52-43(6,7)53-39)50-17-16-33-40(45-25-46-41(33)50)44-23-28-11-13-32(51-8)18-26(28)2/h11-14,16-18,22,25,27,29,31,36,38-39H,9-10,15,19-21,23-24H2,1-8H3,(H,47,48)(H,44,45,46)/t27?,29-,31?,36-,38-,39+/m1/s1. The Kier molecular flexibility index (Phi) is 9.52. The predicted molar refractivity (Wildman–Crippen MR) is 210 cm³/mol. The number of nitrogens with zero attached hydrogens (tertiary/aromatic N) is 5. The number of anilines is 1. The molecular formula is C43H57N7O3. The highest BCUT2D eigenvalue weighted by atomic mass is 16.8. The fourth-order valence-electron chi connectivity index (χ4n) is 9.12. The van der Waals surface area contributed by atoms with E-state index >= 15 is 0 Å². The van der Waals surface area contributed by atoms with Crippen molar-refractivity contribution in [3.8, 4) is 5.75 Å². The first-order valence-electron chi connectivity index (χ1n) is 19.7. The molecule has 10 heteroatoms. The number of fused-ring (bicyclic) bond motifs is 3. The first-order valence-corrected chi connectivity index (χ1v) is 19.7. The Hall–Kier alpha value is -3.99. The van der Waals surface area contributed by atoms with Crippen LogP contribution in [0.15, 0.2) is 55.0 Å². The maximum Gasteiger partial charge on any atom is 0.163 e. The zero-order valence-corrected chi connectivity index (χ0v) is 32.8. The van der Waals surface area contributed by atoms with Gasteiger partial charge < -0.3 is 34.0 Å². The summed E-state index contributed by atoms with van der Waals surface area (Å²) in [5.74, 6) is 3.31. The minimum Gasteiger partial charge on any atom is -0.497 e. The molecule has 3 aromatic heterocycles. The summed E-state index contributed by atoms with van der Waals surface area (Å²) in [6.07, 6.45) is 9.52. The van der Waals surface area contributed by atoms with Gasteiger partial charge in [0.2, 0.25) is 0 Å². The van der Waals surface area contributed by atoms with E-state index in [1.807, 2.05) is 6.07 Å². The molecule has 2 aliphatic carbocycles. The summed E-state index contributed by atoms with van der Waals surface area (Å²) in [5.41, 5.74) is 7.01. The topological polar surface area (TPSA) is 102 Å². The van der Waals surface area contributed by atoms with E-state index in [0.717, 1.165) is 71.3 Å². The van der Waals surface area contributed by atoms with Gasteiger partial charge >= 0.3 is 0 Å². The van der Waals surface area contributed by atoms with Gasteiger partial charge in [0, 0.05) is 37.7 Å². The van der Waals surface area contributed by atoms with Crippen molar-refractivity contribution in [3.05, 3.63) is 77.5 Å². The Morgan fingerprint density at radius 2 is 1.85 bits per heavy atom. The van der Waals surface area contributed by atoms with Gasteiger partial charge in [-0.1, -0.05) is 39.8 Å². The molecule has 4 heterocycles. The Morgan fingerprint density at radius 1 is 1.04 bits per heavy atom. The normalized spacial score (nSPS) is 25.3. The van der Waals surface area contributed by atoms with Crippen molar-refractivity contribution in [2.45, 2.75) is 123 Å². The van der Waals surface area contributed by atoms with E-state index < -0.39 is 5.79 Å². The van der Waals surface area contributed by atoms with Crippen LogP contribution in [0.5, 0.6) is 5.75 Å². The lowest BCUT2D eigenvalue weighted by Gasteiger charge is -2.44. The van der Waals surface area contributed by atoms with Crippen molar-refractivity contribution < 1.29 is 14.2 Å². The molecule has 0 spiro atoms. The van der Waals surface area contributed by atoms with Crippen LogP contribution >= 0.6 is 0 Å². The minimum atomic E-state index is -0.614. The molecule has 0 unspecified atom stereocenters. The number of imidazole rings is 1. The van der Waals surface area contributed by atoms with Crippen LogP contribution in [0.25, 0.3) is 22.1 Å².